The SMILES string of the molecule is CCCC[C@H]1C(=O)N[C@@H](CN)C(=O)N[C@H](C(=O)NCC(N)=O)CSCC(=O)N[C@@H](Cc2ccc(O)cc2)C(=O)N(C)[C@@H](C)C(=O)N[C@@H](CC(N)=O)C(=O)N2CCC[C@H]2C(=O)N[C@@H](Cc2cnc[nH]2)C(=O)N[C@@H](CCC(N)=O)C(=O)N2C[C@H](O)C[C@H]2C(=O)N[C@@H](Cc2c[nH]c3ccccc23)C(=O)N[C@@H](CO)C(=O)N[C@@H](Cc2cccc3ccccc23)c2nnnn2[C@@H](CCCC)C(=O)N1C. The number of nitrogens with one attached hydrogen (secondary N) is 12. The summed E-state index contributed by atoms with van der Waals surface area (Å²) in [5, 5.41) is 74.0. The number of nitrogens with zero attached hydrogens (tertiary/aromatic N) is 9. The number of aromatic nitrogens is 7. The number of carbonyl (C=O) groups is 17. The fraction of sp³-hybridized carbons (Fsp3) is 0.489. The lowest BCUT2D eigenvalue weighted by atomic mass is 9.97. The Balaban J connectivity index is 1.02. The third-order valence-corrected chi connectivity index (χ3v) is 24.8. The van der Waals surface area contributed by atoms with E-state index in [2.05, 4.69) is 83.6 Å². The Labute approximate surface area is 774 Å². The molecule has 2 saturated heterocycles. The number of thioether (sulfide) groups is 1. The molecule has 23 N–H and O–H groups in total. The van der Waals surface area contributed by atoms with Crippen LogP contribution in [0.4, 0.5) is 0 Å². The molecule has 15 atom stereocenters. The van der Waals surface area contributed by atoms with Crippen molar-refractivity contribution in [3.05, 3.63) is 138 Å². The standard InChI is InChI=1S/C88H117N25O20S/c1-6-8-22-67-82(127)103-64(38-89)80(125)105-66(77(122)95-41-73(92)119)44-134-45-74(120)97-62(32-48-25-27-53(115)28-26-48)85(130)109(4)47(3)76(121)102-63(37-72(91)118)87(132)111-31-15-24-68(111)83(128)101-61(35-52-40-93-46-96-52)79(124)98-58(29-30-71(90)117)86(131)112-42-54(116)36-70(112)84(129)100-60(34-51-39-94-57-21-13-12-20-56(51)57)78(123)104-65(43-114)81(126)99-59(33-50-18-14-17-49-16-10-11-19-55(49)50)75-106-107-108-113(75)69(23-9-7-2)88(133)110(67)5/h10-14,16-21,25-28,39-40,46-47,54,58-70,94,114-116H,6-9,15,22-24,29-38,41-45,89H2,1-5H3,(H2,90,117)(H2,91,118)(H2,92,119)(H,93,96)(H,95,122)(H,97,120)(H,98,124)(H,99,126)(H,100,129)(H,101,128)(H,102,121)(H,103,127)(H,104,123)(H,105,125)/t47-,54+,58-,59-,60-,61-,62-,63-,64-,65-,66-,67-,68-,69-,70-/m0/s1. The Kier molecular flexibility index (Phi) is 36.9. The summed E-state index contributed by atoms with van der Waals surface area (Å²) in [6.45, 7) is 1.83. The van der Waals surface area contributed by atoms with Crippen molar-refractivity contribution >= 4 is 134 Å². The smallest absolute Gasteiger partial charge is 0.248 e. The first-order valence-corrected chi connectivity index (χ1v) is 45.4. The molecular formula is C88H117N25O20S. The number of aliphatic hydroxyl groups excluding tert-OH is 2. The highest BCUT2D eigenvalue weighted by molar-refractivity contribution is 8.00. The van der Waals surface area contributed by atoms with Crippen LogP contribution in [0.15, 0.2) is 110 Å². The maximum Gasteiger partial charge on any atom is 0.248 e. The zero-order valence-electron chi connectivity index (χ0n) is 74.8. The van der Waals surface area contributed by atoms with Crippen LogP contribution in [0.3, 0.4) is 0 Å². The van der Waals surface area contributed by atoms with Crippen LogP contribution in [0.1, 0.15) is 138 Å². The van der Waals surface area contributed by atoms with Gasteiger partial charge in [0.2, 0.25) is 100 Å². The number of fused-ring (bicyclic) bond motifs is 5. The number of aromatic hydroxyl groups is 1. The van der Waals surface area contributed by atoms with Crippen LogP contribution in [0.5, 0.6) is 5.75 Å². The first kappa shape index (κ1) is 102. The molecule has 134 heavy (non-hydrogen) atoms. The first-order chi connectivity index (χ1) is 64.1. The normalized spacial score (nSPS) is 24.6. The second-order valence-electron chi connectivity index (χ2n) is 33.4. The molecule has 45 nitrogen and oxygen atoms in total. The van der Waals surface area contributed by atoms with E-state index < -0.39 is 255 Å². The second-order valence-corrected chi connectivity index (χ2v) is 34.4. The van der Waals surface area contributed by atoms with Crippen molar-refractivity contribution in [3.8, 4) is 5.75 Å². The van der Waals surface area contributed by atoms with E-state index in [-0.39, 0.29) is 75.2 Å². The van der Waals surface area contributed by atoms with E-state index in [1.165, 1.54) is 62.5 Å². The minimum absolute atomic E-state index is 0.00307. The molecule has 46 heteroatoms. The zero-order valence-corrected chi connectivity index (χ0v) is 75.7. The van der Waals surface area contributed by atoms with E-state index in [1.54, 1.807) is 48.7 Å². The average Bonchev–Trinajstić information content (AvgIpc) is 1.61. The molecule has 10 rings (SSSR count). The Morgan fingerprint density at radius 2 is 1.18 bits per heavy atom. The van der Waals surface area contributed by atoms with Crippen LogP contribution in [-0.2, 0) is 107 Å². The van der Waals surface area contributed by atoms with Crippen LogP contribution in [0.25, 0.3) is 21.7 Å². The molecular weight excluding hydrogens is 1760 g/mol. The van der Waals surface area contributed by atoms with Crippen LogP contribution >= 0.6 is 11.8 Å². The Morgan fingerprint density at radius 3 is 1.85 bits per heavy atom. The molecule has 3 aliphatic heterocycles. The molecule has 0 radical (unpaired) electrons. The third kappa shape index (κ3) is 27.1. The van der Waals surface area contributed by atoms with Gasteiger partial charge in [0.15, 0.2) is 5.82 Å². The molecule has 17 amide bonds. The van der Waals surface area contributed by atoms with Crippen molar-refractivity contribution in [2.75, 3.05) is 58.4 Å². The molecule has 3 aliphatic rings. The summed E-state index contributed by atoms with van der Waals surface area (Å²) >= 11 is 0.755. The molecule has 4 aromatic carbocycles. The van der Waals surface area contributed by atoms with Gasteiger partial charge in [-0.05, 0) is 95.1 Å². The fourth-order valence-electron chi connectivity index (χ4n) is 16.4. The molecule has 2 fully saturated rings. The van der Waals surface area contributed by atoms with Crippen molar-refractivity contribution in [2.45, 2.75) is 214 Å². The van der Waals surface area contributed by atoms with Crippen LogP contribution in [0, 0.1) is 0 Å². The van der Waals surface area contributed by atoms with Gasteiger partial charge >= 0.3 is 0 Å². The molecule has 7 aromatic rings. The van der Waals surface area contributed by atoms with Gasteiger partial charge in [0.1, 0.15) is 84.3 Å². The number of amides is 17. The lowest BCUT2D eigenvalue weighted by Gasteiger charge is -2.32. The summed E-state index contributed by atoms with van der Waals surface area (Å²) in [6.07, 6.45) is 1.03. The monoisotopic (exact) mass is 1880 g/mol. The molecule has 0 spiro atoms. The number of likely N-dealkylation sites (N-methyl/N-ethyl adjacent to an activating group) is 2. The molecule has 3 aromatic heterocycles. The molecule has 0 unspecified atom stereocenters. The van der Waals surface area contributed by atoms with Crippen molar-refractivity contribution < 1.29 is 96.8 Å². The summed E-state index contributed by atoms with van der Waals surface area (Å²) in [6, 6.07) is 3.01. The van der Waals surface area contributed by atoms with Gasteiger partial charge in [-0.15, -0.1) is 16.9 Å². The van der Waals surface area contributed by atoms with E-state index >= 15 is 33.6 Å². The number of aliphatic hydroxyl groups is 2. The Morgan fingerprint density at radius 1 is 0.567 bits per heavy atom. The number of para-hydroxylation sites is 1. The number of rotatable bonds is 24. The van der Waals surface area contributed by atoms with Gasteiger partial charge in [-0.3, -0.25) is 81.5 Å². The van der Waals surface area contributed by atoms with Crippen molar-refractivity contribution in [1.82, 2.24) is 108 Å². The van der Waals surface area contributed by atoms with Gasteiger partial charge in [-0.25, -0.2) is 9.67 Å². The fourth-order valence-corrected chi connectivity index (χ4v) is 17.2. The number of H-pyrrole nitrogens is 2. The summed E-state index contributed by atoms with van der Waals surface area (Å²) in [5.74, 6) is -17.9. The van der Waals surface area contributed by atoms with Crippen molar-refractivity contribution in [1.29, 1.82) is 0 Å². The molecule has 6 heterocycles. The van der Waals surface area contributed by atoms with E-state index in [1.807, 2.05) is 38.1 Å². The minimum atomic E-state index is -1.86. The van der Waals surface area contributed by atoms with Crippen LogP contribution in [-0.4, -0.2) is 307 Å². The lowest BCUT2D eigenvalue weighted by Crippen LogP contribution is -2.61. The predicted octanol–water partition coefficient (Wildman–Crippen LogP) is -4.27. The second kappa shape index (κ2) is 48.4. The number of benzene rings is 4. The predicted molar refractivity (Wildman–Crippen MR) is 484 cm³/mol. The lowest BCUT2D eigenvalue weighted by molar-refractivity contribution is -0.145. The highest BCUT2D eigenvalue weighted by Gasteiger charge is 2.47. The van der Waals surface area contributed by atoms with Gasteiger partial charge in [0.05, 0.1) is 43.8 Å². The molecule has 0 saturated carbocycles. The zero-order chi connectivity index (χ0) is 97.1. The van der Waals surface area contributed by atoms with Crippen LogP contribution in [0.2, 0.25) is 0 Å². The van der Waals surface area contributed by atoms with Crippen LogP contribution < -0.4 is 76.1 Å². The average molecular weight is 1880 g/mol. The maximum atomic E-state index is 15.7. The van der Waals surface area contributed by atoms with Crippen molar-refractivity contribution in [2.24, 2.45) is 22.9 Å². The highest BCUT2D eigenvalue weighted by atomic mass is 32.2. The van der Waals surface area contributed by atoms with Gasteiger partial charge < -0.3 is 121 Å². The number of primary amides is 3. The quantitative estimate of drug-likeness (QED) is 0.0272. The molecule has 0 bridgehead atoms. The summed E-state index contributed by atoms with van der Waals surface area (Å²) in [5.41, 5.74) is 25.3. The molecule has 0 aliphatic carbocycles. The number of imidazole rings is 1. The highest BCUT2D eigenvalue weighted by Crippen LogP contribution is 2.31. The van der Waals surface area contributed by atoms with Gasteiger partial charge in [0, 0.05) is 107 Å². The van der Waals surface area contributed by atoms with E-state index in [4.69, 9.17) is 22.9 Å². The van der Waals surface area contributed by atoms with E-state index in [0.29, 0.717) is 53.3 Å². The summed E-state index contributed by atoms with van der Waals surface area (Å²) < 4.78 is 1.21. The molecule has 720 valence electrons. The number of hydrogen-bond acceptors (Lipinski definition) is 26. The number of unbranched alkanes of at least 4 members (excludes halogenated alkanes) is 2. The summed E-state index contributed by atoms with van der Waals surface area (Å²) in [4.78, 5) is 260. The third-order valence-electron chi connectivity index (χ3n) is 23.8. The van der Waals surface area contributed by atoms with E-state index in [9.17, 15) is 63.3 Å². The number of phenolic OH excluding ortho intramolecular Hbond substituents is 1. The minimum Gasteiger partial charge on any atom is -0.508 e. The van der Waals surface area contributed by atoms with Gasteiger partial charge in [-0.2, -0.15) is 0 Å². The number of hydrogen-bond donors (Lipinski definition) is 19. The largest absolute Gasteiger partial charge is 0.508 e. The Bertz CT molecular complexity index is 5380. The topological polar surface area (TPSA) is 676 Å². The number of tetrazole rings is 1. The van der Waals surface area contributed by atoms with Crippen molar-refractivity contribution in [3.63, 3.8) is 0 Å². The number of phenols is 1. The van der Waals surface area contributed by atoms with Gasteiger partial charge in [0.25, 0.3) is 0 Å². The Hall–Kier alpha value is -14.0. The van der Waals surface area contributed by atoms with Gasteiger partial charge in [-0.1, -0.05) is 112 Å². The maximum absolute atomic E-state index is 15.7. The number of nitrogens with two attached hydrogens (primary N) is 4. The number of aromatic amines is 2. The van der Waals surface area contributed by atoms with E-state index in [0.717, 1.165) is 42.1 Å². The number of carbonyl (C=O) groups excluding carboxylic acids is 17. The summed E-state index contributed by atoms with van der Waals surface area (Å²) in [7, 11) is 2.56. The first-order valence-electron chi connectivity index (χ1n) is 44.2.